The van der Waals surface area contributed by atoms with E-state index in [2.05, 4.69) is 0 Å². The van der Waals surface area contributed by atoms with Crippen molar-refractivity contribution >= 4 is 40.6 Å². The highest BCUT2D eigenvalue weighted by Gasteiger charge is 2.34. The van der Waals surface area contributed by atoms with Crippen LogP contribution in [0, 0.1) is 0 Å². The van der Waals surface area contributed by atoms with E-state index in [9.17, 15) is 9.59 Å². The lowest BCUT2D eigenvalue weighted by Crippen LogP contribution is -2.32. The molecular weight excluding hydrogens is 474 g/mol. The Kier molecular flexibility index (Phi) is 7.77. The molecule has 4 rings (SSSR count). The van der Waals surface area contributed by atoms with Crippen molar-refractivity contribution in [2.75, 3.05) is 20.3 Å². The van der Waals surface area contributed by atoms with Crippen LogP contribution in [0.2, 0.25) is 5.02 Å². The van der Waals surface area contributed by atoms with E-state index in [1.807, 2.05) is 36.4 Å². The second-order valence-electron chi connectivity index (χ2n) is 7.32. The minimum Gasteiger partial charge on any atom is -0.493 e. The smallest absolute Gasteiger partial charge is 0.293 e. The Morgan fingerprint density at radius 2 is 1.71 bits per heavy atom. The summed E-state index contributed by atoms with van der Waals surface area (Å²) in [6, 6.07) is 22.1. The molecule has 34 heavy (non-hydrogen) atoms. The molecule has 3 aromatic rings. The highest BCUT2D eigenvalue weighted by molar-refractivity contribution is 8.18. The molecule has 0 N–H and O–H groups in total. The van der Waals surface area contributed by atoms with Gasteiger partial charge in [-0.05, 0) is 65.4 Å². The molecule has 1 heterocycles. The van der Waals surface area contributed by atoms with Crippen molar-refractivity contribution < 1.29 is 23.8 Å². The zero-order valence-electron chi connectivity index (χ0n) is 18.4. The molecule has 3 aromatic carbocycles. The van der Waals surface area contributed by atoms with E-state index < -0.39 is 0 Å². The third kappa shape index (κ3) is 5.92. The van der Waals surface area contributed by atoms with Crippen LogP contribution in [0.1, 0.15) is 11.1 Å². The van der Waals surface area contributed by atoms with Crippen LogP contribution in [0.25, 0.3) is 6.08 Å². The standard InChI is InChI=1S/C26H22ClNO5S/c1-31-22-12-7-19(15-23(22)33-17-18-5-3-2-4-6-18)16-24-25(29)28(26(30)34-24)13-14-32-21-10-8-20(27)9-11-21/h2-12,15-16H,13-14,17H2,1H3/b24-16-. The minimum atomic E-state index is -0.350. The van der Waals surface area contributed by atoms with E-state index in [4.69, 9.17) is 25.8 Å². The molecule has 1 aliphatic rings. The normalized spacial score (nSPS) is 14.5. The second kappa shape index (κ2) is 11.1. The van der Waals surface area contributed by atoms with Crippen LogP contribution >= 0.6 is 23.4 Å². The number of rotatable bonds is 9. The second-order valence-corrected chi connectivity index (χ2v) is 8.75. The van der Waals surface area contributed by atoms with E-state index in [1.54, 1.807) is 49.6 Å². The molecule has 0 radical (unpaired) electrons. The highest BCUT2D eigenvalue weighted by atomic mass is 35.5. The molecule has 6 nitrogen and oxygen atoms in total. The van der Waals surface area contributed by atoms with Gasteiger partial charge in [0.25, 0.3) is 11.1 Å². The number of methoxy groups -OCH3 is 1. The van der Waals surface area contributed by atoms with Gasteiger partial charge in [0.2, 0.25) is 0 Å². The minimum absolute atomic E-state index is 0.151. The first-order valence-electron chi connectivity index (χ1n) is 10.5. The highest BCUT2D eigenvalue weighted by Crippen LogP contribution is 2.34. The number of amides is 2. The van der Waals surface area contributed by atoms with Crippen molar-refractivity contribution in [3.63, 3.8) is 0 Å². The molecule has 0 saturated carbocycles. The van der Waals surface area contributed by atoms with E-state index in [-0.39, 0.29) is 24.3 Å². The summed E-state index contributed by atoms with van der Waals surface area (Å²) >= 11 is 6.77. The van der Waals surface area contributed by atoms with Gasteiger partial charge in [0.05, 0.1) is 18.6 Å². The van der Waals surface area contributed by atoms with Gasteiger partial charge in [-0.25, -0.2) is 0 Å². The molecule has 2 amide bonds. The summed E-state index contributed by atoms with van der Waals surface area (Å²) in [5.41, 5.74) is 1.75. The van der Waals surface area contributed by atoms with Gasteiger partial charge in [-0.1, -0.05) is 48.0 Å². The molecule has 174 valence electrons. The summed E-state index contributed by atoms with van der Waals surface area (Å²) in [5, 5.41) is 0.278. The quantitative estimate of drug-likeness (QED) is 0.337. The summed E-state index contributed by atoms with van der Waals surface area (Å²) in [5.74, 6) is 1.40. The fraction of sp³-hybridized carbons (Fsp3) is 0.154. The van der Waals surface area contributed by atoms with Crippen molar-refractivity contribution in [2.24, 2.45) is 0 Å². The molecule has 0 spiro atoms. The van der Waals surface area contributed by atoms with Crippen LogP contribution in [-0.2, 0) is 11.4 Å². The number of ether oxygens (including phenoxy) is 3. The van der Waals surface area contributed by atoms with Crippen LogP contribution in [0.5, 0.6) is 17.2 Å². The summed E-state index contributed by atoms with van der Waals surface area (Å²) in [6.07, 6.45) is 1.68. The summed E-state index contributed by atoms with van der Waals surface area (Å²) in [7, 11) is 1.57. The number of hydrogen-bond donors (Lipinski definition) is 0. The van der Waals surface area contributed by atoms with Gasteiger partial charge < -0.3 is 14.2 Å². The maximum Gasteiger partial charge on any atom is 0.293 e. The molecule has 0 aromatic heterocycles. The van der Waals surface area contributed by atoms with Gasteiger partial charge in [0.1, 0.15) is 19.0 Å². The molecule has 1 aliphatic heterocycles. The molecule has 8 heteroatoms. The third-order valence-electron chi connectivity index (χ3n) is 4.99. The maximum absolute atomic E-state index is 12.8. The lowest BCUT2D eigenvalue weighted by atomic mass is 10.1. The first kappa shape index (κ1) is 23.7. The topological polar surface area (TPSA) is 65.1 Å². The van der Waals surface area contributed by atoms with E-state index in [1.165, 1.54) is 4.90 Å². The number of carbonyl (C=O) groups excluding carboxylic acids is 2. The molecule has 1 saturated heterocycles. The van der Waals surface area contributed by atoms with E-state index in [0.29, 0.717) is 33.8 Å². The molecule has 0 atom stereocenters. The van der Waals surface area contributed by atoms with Gasteiger partial charge >= 0.3 is 0 Å². The van der Waals surface area contributed by atoms with Crippen molar-refractivity contribution in [1.82, 2.24) is 4.90 Å². The Morgan fingerprint density at radius 3 is 2.44 bits per heavy atom. The summed E-state index contributed by atoms with van der Waals surface area (Å²) in [6.45, 7) is 0.719. The Bertz CT molecular complexity index is 1200. The van der Waals surface area contributed by atoms with Crippen LogP contribution < -0.4 is 14.2 Å². The number of thioether (sulfide) groups is 1. The van der Waals surface area contributed by atoms with Gasteiger partial charge in [0, 0.05) is 5.02 Å². The Morgan fingerprint density at radius 1 is 0.941 bits per heavy atom. The van der Waals surface area contributed by atoms with Crippen LogP contribution in [-0.4, -0.2) is 36.3 Å². The Hall–Kier alpha value is -3.42. The SMILES string of the molecule is COc1ccc(/C=C2\SC(=O)N(CCOc3ccc(Cl)cc3)C2=O)cc1OCc1ccccc1. The molecule has 0 aliphatic carbocycles. The van der Waals surface area contributed by atoms with E-state index >= 15 is 0 Å². The predicted molar refractivity (Wildman–Crippen MR) is 133 cm³/mol. The van der Waals surface area contributed by atoms with Crippen molar-refractivity contribution in [2.45, 2.75) is 6.61 Å². The maximum atomic E-state index is 12.8. The first-order chi connectivity index (χ1) is 16.5. The van der Waals surface area contributed by atoms with Crippen LogP contribution in [0.15, 0.2) is 77.7 Å². The summed E-state index contributed by atoms with van der Waals surface area (Å²) < 4.78 is 17.0. The number of benzene rings is 3. The molecule has 0 bridgehead atoms. The number of carbonyl (C=O) groups is 2. The van der Waals surface area contributed by atoms with Gasteiger partial charge in [0.15, 0.2) is 11.5 Å². The van der Waals surface area contributed by atoms with Gasteiger partial charge in [-0.15, -0.1) is 0 Å². The fourth-order valence-electron chi connectivity index (χ4n) is 3.26. The average Bonchev–Trinajstić information content (AvgIpc) is 3.12. The van der Waals surface area contributed by atoms with Gasteiger partial charge in [-0.3, -0.25) is 14.5 Å². The van der Waals surface area contributed by atoms with Gasteiger partial charge in [-0.2, -0.15) is 0 Å². The number of nitrogens with zero attached hydrogens (tertiary/aromatic N) is 1. The predicted octanol–water partition coefficient (Wildman–Crippen LogP) is 6.04. The lowest BCUT2D eigenvalue weighted by Gasteiger charge is -2.13. The Labute approximate surface area is 207 Å². The molecule has 0 unspecified atom stereocenters. The van der Waals surface area contributed by atoms with Crippen LogP contribution in [0.4, 0.5) is 4.79 Å². The largest absolute Gasteiger partial charge is 0.493 e. The van der Waals surface area contributed by atoms with Crippen molar-refractivity contribution in [3.05, 3.63) is 93.9 Å². The Balaban J connectivity index is 1.41. The van der Waals surface area contributed by atoms with Crippen molar-refractivity contribution in [3.8, 4) is 17.2 Å². The zero-order chi connectivity index (χ0) is 23.9. The third-order valence-corrected chi connectivity index (χ3v) is 6.15. The van der Waals surface area contributed by atoms with Crippen LogP contribution in [0.3, 0.4) is 0 Å². The van der Waals surface area contributed by atoms with E-state index in [0.717, 1.165) is 22.9 Å². The number of halogens is 1. The zero-order valence-corrected chi connectivity index (χ0v) is 20.0. The monoisotopic (exact) mass is 495 g/mol. The van der Waals surface area contributed by atoms with Crippen molar-refractivity contribution in [1.29, 1.82) is 0 Å². The average molecular weight is 496 g/mol. The molecule has 1 fully saturated rings. The number of imide groups is 1. The lowest BCUT2D eigenvalue weighted by molar-refractivity contribution is -0.123. The summed E-state index contributed by atoms with van der Waals surface area (Å²) in [4.78, 5) is 26.7. The first-order valence-corrected chi connectivity index (χ1v) is 11.7. The fourth-order valence-corrected chi connectivity index (χ4v) is 4.25. The number of hydrogen-bond acceptors (Lipinski definition) is 6. The molecular formula is C26H22ClNO5S.